The number of nitro groups is 1. The van der Waals surface area contributed by atoms with Gasteiger partial charge in [0.25, 0.3) is 0 Å². The first-order valence-corrected chi connectivity index (χ1v) is 5.67. The van der Waals surface area contributed by atoms with Crippen LogP contribution in [0.4, 0.5) is 5.69 Å². The van der Waals surface area contributed by atoms with Gasteiger partial charge in [-0.1, -0.05) is 6.07 Å². The van der Waals surface area contributed by atoms with Gasteiger partial charge in [0.2, 0.25) is 11.5 Å². The summed E-state index contributed by atoms with van der Waals surface area (Å²) in [5.41, 5.74) is -0.741. The Kier molecular flexibility index (Phi) is 2.99. The van der Waals surface area contributed by atoms with Crippen molar-refractivity contribution >= 4 is 22.8 Å². The molecular weight excluding hydrogens is 258 g/mol. The highest BCUT2D eigenvalue weighted by atomic mass is 32.1. The van der Waals surface area contributed by atoms with E-state index in [1.165, 1.54) is 11.3 Å². The third-order valence-electron chi connectivity index (χ3n) is 2.27. The predicted molar refractivity (Wildman–Crippen MR) is 64.2 cm³/mol. The molecule has 0 fully saturated rings. The fraction of sp³-hybridized carbons (Fsp3) is 0. The molecule has 0 aliphatic carbocycles. The van der Waals surface area contributed by atoms with Crippen LogP contribution < -0.4 is 0 Å². The van der Waals surface area contributed by atoms with E-state index in [9.17, 15) is 25.1 Å². The lowest BCUT2D eigenvalue weighted by atomic mass is 10.1. The molecule has 6 nitrogen and oxygen atoms in total. The molecule has 1 aromatic carbocycles. The standard InChI is InChI=1S/C11H7NO5S/c13-8-5-6(4-7(11(8)15)12(16)17)10(14)9-2-1-3-18-9/h1-5,13,15H. The third-order valence-corrected chi connectivity index (χ3v) is 3.14. The fourth-order valence-electron chi connectivity index (χ4n) is 1.42. The SMILES string of the molecule is O=C(c1cc(O)c(O)c([N+](=O)[O-])c1)c1cccs1. The van der Waals surface area contributed by atoms with Gasteiger partial charge in [-0.25, -0.2) is 0 Å². The monoisotopic (exact) mass is 265 g/mol. The Morgan fingerprint density at radius 3 is 2.61 bits per heavy atom. The topological polar surface area (TPSA) is 101 Å². The van der Waals surface area contributed by atoms with Gasteiger partial charge in [-0.2, -0.15) is 0 Å². The molecule has 2 rings (SSSR count). The second-order valence-electron chi connectivity index (χ2n) is 3.43. The molecule has 18 heavy (non-hydrogen) atoms. The van der Waals surface area contributed by atoms with Gasteiger partial charge in [0.05, 0.1) is 9.80 Å². The Balaban J connectivity index is 2.53. The summed E-state index contributed by atoms with van der Waals surface area (Å²) in [5.74, 6) is -1.98. The molecule has 0 saturated carbocycles. The smallest absolute Gasteiger partial charge is 0.315 e. The Hall–Kier alpha value is -2.41. The molecule has 2 aromatic rings. The zero-order valence-electron chi connectivity index (χ0n) is 8.86. The molecule has 0 saturated heterocycles. The van der Waals surface area contributed by atoms with Crippen LogP contribution in [0, 0.1) is 10.1 Å². The first-order valence-electron chi connectivity index (χ1n) is 4.79. The van der Waals surface area contributed by atoms with Crippen molar-refractivity contribution in [1.29, 1.82) is 0 Å². The summed E-state index contributed by atoms with van der Waals surface area (Å²) < 4.78 is 0. The lowest BCUT2D eigenvalue weighted by Gasteiger charge is -2.03. The molecule has 1 heterocycles. The van der Waals surface area contributed by atoms with E-state index in [0.717, 1.165) is 12.1 Å². The van der Waals surface area contributed by atoms with E-state index in [2.05, 4.69) is 0 Å². The van der Waals surface area contributed by atoms with Gasteiger partial charge in [-0.05, 0) is 17.5 Å². The zero-order valence-corrected chi connectivity index (χ0v) is 9.68. The van der Waals surface area contributed by atoms with Crippen LogP contribution in [0.2, 0.25) is 0 Å². The largest absolute Gasteiger partial charge is 0.504 e. The van der Waals surface area contributed by atoms with Crippen molar-refractivity contribution in [3.63, 3.8) is 0 Å². The van der Waals surface area contributed by atoms with E-state index < -0.39 is 27.9 Å². The number of hydrogen-bond donors (Lipinski definition) is 2. The van der Waals surface area contributed by atoms with Gasteiger partial charge >= 0.3 is 5.69 Å². The Labute approximate surface area is 105 Å². The summed E-state index contributed by atoms with van der Waals surface area (Å²) in [6.45, 7) is 0. The predicted octanol–water partition coefficient (Wildman–Crippen LogP) is 2.30. The highest BCUT2D eigenvalue weighted by molar-refractivity contribution is 7.12. The van der Waals surface area contributed by atoms with Gasteiger partial charge in [0, 0.05) is 11.6 Å². The molecule has 0 unspecified atom stereocenters. The van der Waals surface area contributed by atoms with E-state index in [4.69, 9.17) is 0 Å². The number of phenols is 2. The summed E-state index contributed by atoms with van der Waals surface area (Å²) in [6, 6.07) is 5.19. The Morgan fingerprint density at radius 1 is 1.33 bits per heavy atom. The lowest BCUT2D eigenvalue weighted by molar-refractivity contribution is -0.386. The van der Waals surface area contributed by atoms with Crippen molar-refractivity contribution in [2.24, 2.45) is 0 Å². The lowest BCUT2D eigenvalue weighted by Crippen LogP contribution is -2.00. The molecule has 2 N–H and O–H groups in total. The van der Waals surface area contributed by atoms with Crippen LogP contribution in [0.5, 0.6) is 11.5 Å². The maximum absolute atomic E-state index is 11.9. The molecule has 1 aromatic heterocycles. The Bertz CT molecular complexity index is 621. The second kappa shape index (κ2) is 4.46. The normalized spacial score (nSPS) is 10.2. The van der Waals surface area contributed by atoms with Crippen molar-refractivity contribution in [2.75, 3.05) is 0 Å². The van der Waals surface area contributed by atoms with Crippen molar-refractivity contribution in [3.8, 4) is 11.5 Å². The molecule has 92 valence electrons. The van der Waals surface area contributed by atoms with E-state index >= 15 is 0 Å². The summed E-state index contributed by atoms with van der Waals surface area (Å²) >= 11 is 1.19. The molecule has 0 aliphatic heterocycles. The number of carbonyl (C=O) groups is 1. The Morgan fingerprint density at radius 2 is 2.06 bits per heavy atom. The molecule has 7 heteroatoms. The van der Waals surface area contributed by atoms with Crippen LogP contribution in [-0.2, 0) is 0 Å². The number of nitro benzene ring substituents is 1. The summed E-state index contributed by atoms with van der Waals surface area (Å²) in [4.78, 5) is 22.1. The van der Waals surface area contributed by atoms with Crippen molar-refractivity contribution in [1.82, 2.24) is 0 Å². The number of benzene rings is 1. The minimum Gasteiger partial charge on any atom is -0.504 e. The number of phenolic OH excluding ortho intramolecular Hbond substituents is 2. The number of aromatic hydroxyl groups is 2. The van der Waals surface area contributed by atoms with Crippen LogP contribution in [0.3, 0.4) is 0 Å². The summed E-state index contributed by atoms with van der Waals surface area (Å²) in [7, 11) is 0. The third kappa shape index (κ3) is 2.03. The molecule has 0 amide bonds. The second-order valence-corrected chi connectivity index (χ2v) is 4.37. The highest BCUT2D eigenvalue weighted by Gasteiger charge is 2.22. The van der Waals surface area contributed by atoms with Crippen LogP contribution >= 0.6 is 11.3 Å². The first kappa shape index (κ1) is 12.1. The van der Waals surface area contributed by atoms with Gasteiger partial charge in [0.15, 0.2) is 5.75 Å². The fourth-order valence-corrected chi connectivity index (χ4v) is 2.11. The van der Waals surface area contributed by atoms with E-state index in [1.54, 1.807) is 17.5 Å². The minimum atomic E-state index is -0.861. The van der Waals surface area contributed by atoms with Crippen LogP contribution in [0.1, 0.15) is 15.2 Å². The number of thiophene rings is 1. The maximum Gasteiger partial charge on any atom is 0.315 e. The quantitative estimate of drug-likeness (QED) is 0.384. The van der Waals surface area contributed by atoms with Gasteiger partial charge in [-0.3, -0.25) is 14.9 Å². The van der Waals surface area contributed by atoms with Crippen molar-refractivity contribution < 1.29 is 19.9 Å². The van der Waals surface area contributed by atoms with Crippen molar-refractivity contribution in [3.05, 3.63) is 50.2 Å². The molecule has 0 aliphatic rings. The van der Waals surface area contributed by atoms with Gasteiger partial charge in [-0.15, -0.1) is 11.3 Å². The molecule has 0 bridgehead atoms. The van der Waals surface area contributed by atoms with Gasteiger partial charge in [0.1, 0.15) is 0 Å². The van der Waals surface area contributed by atoms with E-state index in [0.29, 0.717) is 4.88 Å². The number of ketones is 1. The average molecular weight is 265 g/mol. The maximum atomic E-state index is 11.9. The minimum absolute atomic E-state index is 0.0422. The summed E-state index contributed by atoms with van der Waals surface area (Å²) in [6.07, 6.45) is 0. The first-order chi connectivity index (χ1) is 8.50. The average Bonchev–Trinajstić information content (AvgIpc) is 2.84. The van der Waals surface area contributed by atoms with Gasteiger partial charge < -0.3 is 10.2 Å². The number of rotatable bonds is 3. The molecule has 0 atom stereocenters. The van der Waals surface area contributed by atoms with E-state index in [-0.39, 0.29) is 5.56 Å². The van der Waals surface area contributed by atoms with Crippen LogP contribution in [0.15, 0.2) is 29.6 Å². The number of hydrogen-bond acceptors (Lipinski definition) is 6. The van der Waals surface area contributed by atoms with Crippen molar-refractivity contribution in [2.45, 2.75) is 0 Å². The molecular formula is C11H7NO5S. The highest BCUT2D eigenvalue weighted by Crippen LogP contribution is 2.36. The zero-order chi connectivity index (χ0) is 13.3. The molecule has 0 spiro atoms. The summed E-state index contributed by atoms with van der Waals surface area (Å²) in [5, 5.41) is 31.0. The molecule has 0 radical (unpaired) electrons. The van der Waals surface area contributed by atoms with Crippen LogP contribution in [0.25, 0.3) is 0 Å². The van der Waals surface area contributed by atoms with Crippen LogP contribution in [-0.4, -0.2) is 20.9 Å². The number of carbonyl (C=O) groups excluding carboxylic acids is 1. The number of nitrogens with zero attached hydrogens (tertiary/aromatic N) is 1. The van der Waals surface area contributed by atoms with E-state index in [1.807, 2.05) is 0 Å².